The number of carbonyl (C=O) groups excluding carboxylic acids is 1. The van der Waals surface area contributed by atoms with E-state index < -0.39 is 0 Å². The number of hydrogen-bond donors (Lipinski definition) is 1. The lowest BCUT2D eigenvalue weighted by Crippen LogP contribution is -2.36. The van der Waals surface area contributed by atoms with Crippen LogP contribution in [0.4, 0.5) is 0 Å². The third kappa shape index (κ3) is 6.80. The number of likely N-dealkylation sites (N-methyl/N-ethyl adjacent to an activating group) is 1. The van der Waals surface area contributed by atoms with Crippen LogP contribution in [0.15, 0.2) is 18.2 Å². The predicted molar refractivity (Wildman–Crippen MR) is 86.2 cm³/mol. The van der Waals surface area contributed by atoms with E-state index in [2.05, 4.69) is 5.32 Å². The van der Waals surface area contributed by atoms with Gasteiger partial charge in [-0.25, -0.2) is 0 Å². The first kappa shape index (κ1) is 19.7. The van der Waals surface area contributed by atoms with E-state index in [0.717, 1.165) is 16.9 Å². The van der Waals surface area contributed by atoms with E-state index in [1.54, 1.807) is 26.2 Å². The minimum absolute atomic E-state index is 0. The highest BCUT2D eigenvalue weighted by Gasteiger charge is 2.09. The Morgan fingerprint density at radius 2 is 2.05 bits per heavy atom. The molecule has 0 atom stereocenters. The number of hydrogen-bond acceptors (Lipinski definition) is 4. The Hall–Kier alpha value is -1.30. The third-order valence-electron chi connectivity index (χ3n) is 3.06. The maximum atomic E-state index is 11.9. The van der Waals surface area contributed by atoms with Gasteiger partial charge < -0.3 is 19.7 Å². The Labute approximate surface area is 133 Å². The molecule has 1 amide bonds. The topological polar surface area (TPSA) is 50.8 Å². The monoisotopic (exact) mass is 316 g/mol. The van der Waals surface area contributed by atoms with Crippen LogP contribution in [-0.4, -0.2) is 51.8 Å². The first-order valence-electron chi connectivity index (χ1n) is 6.65. The van der Waals surface area contributed by atoms with Crippen molar-refractivity contribution < 1.29 is 14.3 Å². The molecular weight excluding hydrogens is 292 g/mol. The van der Waals surface area contributed by atoms with Gasteiger partial charge in [-0.2, -0.15) is 0 Å². The Morgan fingerprint density at radius 1 is 1.33 bits per heavy atom. The number of nitrogens with zero attached hydrogens (tertiary/aromatic N) is 1. The van der Waals surface area contributed by atoms with Crippen molar-refractivity contribution in [2.45, 2.75) is 13.5 Å². The van der Waals surface area contributed by atoms with Crippen molar-refractivity contribution in [2.75, 3.05) is 41.0 Å². The van der Waals surface area contributed by atoms with Crippen LogP contribution in [0.2, 0.25) is 0 Å². The van der Waals surface area contributed by atoms with Gasteiger partial charge in [0, 0.05) is 27.2 Å². The highest BCUT2D eigenvalue weighted by atomic mass is 35.5. The molecule has 5 nitrogen and oxygen atoms in total. The number of carbonyl (C=O) groups is 1. The molecule has 0 aromatic heterocycles. The van der Waals surface area contributed by atoms with Gasteiger partial charge >= 0.3 is 0 Å². The molecule has 0 aliphatic rings. The van der Waals surface area contributed by atoms with Crippen molar-refractivity contribution in [1.82, 2.24) is 10.2 Å². The molecule has 0 radical (unpaired) electrons. The van der Waals surface area contributed by atoms with E-state index in [1.165, 1.54) is 0 Å². The summed E-state index contributed by atoms with van der Waals surface area (Å²) >= 11 is 0. The second-order valence-corrected chi connectivity index (χ2v) is 4.72. The Bertz CT molecular complexity index is 441. The first-order chi connectivity index (χ1) is 9.58. The van der Waals surface area contributed by atoms with Crippen LogP contribution in [0.3, 0.4) is 0 Å². The smallest absolute Gasteiger partial charge is 0.236 e. The van der Waals surface area contributed by atoms with Gasteiger partial charge in [-0.05, 0) is 24.1 Å². The molecule has 6 heteroatoms. The summed E-state index contributed by atoms with van der Waals surface area (Å²) in [7, 11) is 5.10. The second kappa shape index (κ2) is 10.4. The lowest BCUT2D eigenvalue weighted by Gasteiger charge is -2.18. The summed E-state index contributed by atoms with van der Waals surface area (Å²) in [5.41, 5.74) is 2.17. The van der Waals surface area contributed by atoms with Crippen LogP contribution in [0, 0.1) is 6.92 Å². The molecule has 120 valence electrons. The van der Waals surface area contributed by atoms with Crippen molar-refractivity contribution in [3.05, 3.63) is 29.3 Å². The van der Waals surface area contributed by atoms with Gasteiger partial charge in [-0.1, -0.05) is 12.1 Å². The van der Waals surface area contributed by atoms with Crippen LogP contribution in [0.5, 0.6) is 5.75 Å². The number of benzene rings is 1. The molecular formula is C15H25ClN2O3. The Morgan fingerprint density at radius 3 is 2.62 bits per heavy atom. The van der Waals surface area contributed by atoms with Gasteiger partial charge in [-0.3, -0.25) is 4.79 Å². The minimum Gasteiger partial charge on any atom is -0.496 e. The molecule has 21 heavy (non-hydrogen) atoms. The van der Waals surface area contributed by atoms with Gasteiger partial charge in [0.1, 0.15) is 5.75 Å². The lowest BCUT2D eigenvalue weighted by molar-refractivity contribution is -0.129. The van der Waals surface area contributed by atoms with Crippen molar-refractivity contribution >= 4 is 18.3 Å². The Balaban J connectivity index is 0.00000400. The lowest BCUT2D eigenvalue weighted by atomic mass is 10.1. The summed E-state index contributed by atoms with van der Waals surface area (Å²) in [5.74, 6) is 0.929. The molecule has 1 aromatic rings. The van der Waals surface area contributed by atoms with E-state index in [0.29, 0.717) is 26.2 Å². The van der Waals surface area contributed by atoms with Gasteiger partial charge in [0.05, 0.1) is 20.3 Å². The van der Waals surface area contributed by atoms with Gasteiger partial charge in [0.15, 0.2) is 0 Å². The van der Waals surface area contributed by atoms with E-state index in [1.807, 2.05) is 25.1 Å². The van der Waals surface area contributed by atoms with Crippen LogP contribution < -0.4 is 10.1 Å². The standard InChI is InChI=1S/C15H24N2O3.ClH/c1-12-9-13(5-6-14(12)20-4)11-17(2)15(18)10-16-7-8-19-3;/h5-6,9,16H,7-8,10-11H2,1-4H3;1H. The molecule has 0 unspecified atom stereocenters. The summed E-state index contributed by atoms with van der Waals surface area (Å²) in [5, 5.41) is 3.05. The van der Waals surface area contributed by atoms with Gasteiger partial charge in [0.2, 0.25) is 5.91 Å². The SMILES string of the molecule is COCCNCC(=O)N(C)Cc1ccc(OC)c(C)c1.Cl. The molecule has 1 N–H and O–H groups in total. The highest BCUT2D eigenvalue weighted by molar-refractivity contribution is 5.85. The zero-order valence-corrected chi connectivity index (χ0v) is 14.0. The zero-order chi connectivity index (χ0) is 15.0. The molecule has 0 aliphatic heterocycles. The molecule has 1 rings (SSSR count). The minimum atomic E-state index is 0. The van der Waals surface area contributed by atoms with Gasteiger partial charge in [0.25, 0.3) is 0 Å². The summed E-state index contributed by atoms with van der Waals surface area (Å²) < 4.78 is 10.1. The number of methoxy groups -OCH3 is 2. The summed E-state index contributed by atoms with van der Waals surface area (Å²) in [6.07, 6.45) is 0. The van der Waals surface area contributed by atoms with Crippen molar-refractivity contribution in [3.63, 3.8) is 0 Å². The van der Waals surface area contributed by atoms with E-state index in [-0.39, 0.29) is 18.3 Å². The maximum absolute atomic E-state index is 11.9. The van der Waals surface area contributed by atoms with E-state index >= 15 is 0 Å². The van der Waals surface area contributed by atoms with Crippen LogP contribution in [0.1, 0.15) is 11.1 Å². The fourth-order valence-electron chi connectivity index (χ4n) is 1.91. The first-order valence-corrected chi connectivity index (χ1v) is 6.65. The number of nitrogens with one attached hydrogen (secondary N) is 1. The molecule has 0 saturated carbocycles. The predicted octanol–water partition coefficient (Wildman–Crippen LogP) is 1.62. The Kier molecular flexibility index (Phi) is 9.78. The molecule has 1 aromatic carbocycles. The average molecular weight is 317 g/mol. The number of aryl methyl sites for hydroxylation is 1. The number of amides is 1. The molecule has 0 fully saturated rings. The summed E-state index contributed by atoms with van der Waals surface area (Å²) in [4.78, 5) is 13.6. The highest BCUT2D eigenvalue weighted by Crippen LogP contribution is 2.19. The number of ether oxygens (including phenoxy) is 2. The fourth-order valence-corrected chi connectivity index (χ4v) is 1.91. The third-order valence-corrected chi connectivity index (χ3v) is 3.06. The second-order valence-electron chi connectivity index (χ2n) is 4.72. The average Bonchev–Trinajstić information content (AvgIpc) is 2.43. The summed E-state index contributed by atoms with van der Waals surface area (Å²) in [6.45, 7) is 4.20. The van der Waals surface area contributed by atoms with Crippen LogP contribution in [0.25, 0.3) is 0 Å². The van der Waals surface area contributed by atoms with E-state index in [9.17, 15) is 4.79 Å². The number of halogens is 1. The van der Waals surface area contributed by atoms with Crippen LogP contribution >= 0.6 is 12.4 Å². The zero-order valence-electron chi connectivity index (χ0n) is 13.1. The summed E-state index contributed by atoms with van der Waals surface area (Å²) in [6, 6.07) is 5.95. The normalized spacial score (nSPS) is 9.90. The molecule has 0 heterocycles. The molecule has 0 saturated heterocycles. The largest absolute Gasteiger partial charge is 0.496 e. The fraction of sp³-hybridized carbons (Fsp3) is 0.533. The number of rotatable bonds is 8. The van der Waals surface area contributed by atoms with Crippen molar-refractivity contribution in [3.8, 4) is 5.75 Å². The van der Waals surface area contributed by atoms with Crippen molar-refractivity contribution in [2.24, 2.45) is 0 Å². The van der Waals surface area contributed by atoms with E-state index in [4.69, 9.17) is 9.47 Å². The maximum Gasteiger partial charge on any atom is 0.236 e. The molecule has 0 spiro atoms. The van der Waals surface area contributed by atoms with Crippen molar-refractivity contribution in [1.29, 1.82) is 0 Å². The van der Waals surface area contributed by atoms with Crippen LogP contribution in [-0.2, 0) is 16.1 Å². The van der Waals surface area contributed by atoms with Gasteiger partial charge in [-0.15, -0.1) is 12.4 Å². The quantitative estimate of drug-likeness (QED) is 0.741. The molecule has 0 aliphatic carbocycles. The molecule has 0 bridgehead atoms.